The second-order valence-electron chi connectivity index (χ2n) is 4.30. The van der Waals surface area contributed by atoms with Crippen LogP contribution in [0.25, 0.3) is 0 Å². The molecule has 0 aliphatic heterocycles. The number of carboxylic acids is 1. The molecule has 0 bridgehead atoms. The molecule has 0 aromatic carbocycles. The van der Waals surface area contributed by atoms with Crippen LogP contribution < -0.4 is 0 Å². The number of aromatic nitrogens is 1. The Kier molecular flexibility index (Phi) is 5.48. The first-order valence-electron chi connectivity index (χ1n) is 6.37. The van der Waals surface area contributed by atoms with Gasteiger partial charge in [0, 0.05) is 18.3 Å². The summed E-state index contributed by atoms with van der Waals surface area (Å²) in [5, 5.41) is 9.20. The molecular formula is C14H19NO4. The molecule has 104 valence electrons. The van der Waals surface area contributed by atoms with Gasteiger partial charge in [0.25, 0.3) is 0 Å². The Morgan fingerprint density at radius 1 is 1.32 bits per heavy atom. The van der Waals surface area contributed by atoms with Crippen LogP contribution in [0.15, 0.2) is 24.4 Å². The highest BCUT2D eigenvalue weighted by atomic mass is 16.5. The number of rotatable bonds is 7. The van der Waals surface area contributed by atoms with E-state index in [0.29, 0.717) is 6.42 Å². The number of carboxylic acid groups (broad SMARTS) is 1. The van der Waals surface area contributed by atoms with Crippen molar-refractivity contribution in [1.29, 1.82) is 0 Å². The van der Waals surface area contributed by atoms with Gasteiger partial charge in [-0.2, -0.15) is 0 Å². The van der Waals surface area contributed by atoms with Crippen LogP contribution in [0.4, 0.5) is 0 Å². The summed E-state index contributed by atoms with van der Waals surface area (Å²) < 4.78 is 5.09. The van der Waals surface area contributed by atoms with Gasteiger partial charge in [-0.05, 0) is 25.0 Å². The van der Waals surface area contributed by atoms with Gasteiger partial charge in [-0.15, -0.1) is 0 Å². The van der Waals surface area contributed by atoms with E-state index < -0.39 is 17.4 Å². The standard InChI is InChI=1S/C14H19NO4/c1-3-14(4-2,12(16)17)13(18)19-10-8-11-7-5-6-9-15-11/h5-7,9H,3-4,8,10H2,1-2H3,(H,16,17). The number of carbonyl (C=O) groups excluding carboxylic acids is 1. The lowest BCUT2D eigenvalue weighted by Gasteiger charge is -2.24. The maximum absolute atomic E-state index is 11.9. The molecule has 1 heterocycles. The lowest BCUT2D eigenvalue weighted by atomic mass is 9.82. The number of aliphatic carboxylic acids is 1. The summed E-state index contributed by atoms with van der Waals surface area (Å²) in [5.74, 6) is -1.79. The van der Waals surface area contributed by atoms with E-state index in [1.165, 1.54) is 0 Å². The lowest BCUT2D eigenvalue weighted by Crippen LogP contribution is -2.40. The first kappa shape index (κ1) is 15.1. The van der Waals surface area contributed by atoms with Gasteiger partial charge in [0.15, 0.2) is 5.41 Å². The monoisotopic (exact) mass is 265 g/mol. The molecule has 19 heavy (non-hydrogen) atoms. The number of ether oxygens (including phenoxy) is 1. The largest absolute Gasteiger partial charge is 0.480 e. The molecule has 0 aliphatic carbocycles. The van der Waals surface area contributed by atoms with Crippen LogP contribution in [0.2, 0.25) is 0 Å². The first-order valence-corrected chi connectivity index (χ1v) is 6.37. The second-order valence-corrected chi connectivity index (χ2v) is 4.30. The third kappa shape index (κ3) is 3.53. The van der Waals surface area contributed by atoms with Crippen molar-refractivity contribution in [3.8, 4) is 0 Å². The summed E-state index contributed by atoms with van der Waals surface area (Å²) in [7, 11) is 0. The van der Waals surface area contributed by atoms with Gasteiger partial charge < -0.3 is 9.84 Å². The molecule has 1 N–H and O–H groups in total. The molecule has 0 atom stereocenters. The molecule has 5 nitrogen and oxygen atoms in total. The molecule has 0 unspecified atom stereocenters. The van der Waals surface area contributed by atoms with Crippen molar-refractivity contribution in [2.45, 2.75) is 33.1 Å². The zero-order valence-corrected chi connectivity index (χ0v) is 11.3. The minimum absolute atomic E-state index is 0.144. The number of esters is 1. The summed E-state index contributed by atoms with van der Waals surface area (Å²) in [6.07, 6.45) is 2.59. The highest BCUT2D eigenvalue weighted by molar-refractivity contribution is 5.99. The topological polar surface area (TPSA) is 76.5 Å². The van der Waals surface area contributed by atoms with Crippen LogP contribution in [0.3, 0.4) is 0 Å². The maximum atomic E-state index is 11.9. The van der Waals surface area contributed by atoms with Crippen LogP contribution >= 0.6 is 0 Å². The average Bonchev–Trinajstić information content (AvgIpc) is 2.41. The van der Waals surface area contributed by atoms with E-state index in [2.05, 4.69) is 4.98 Å². The number of hydrogen-bond acceptors (Lipinski definition) is 4. The second kappa shape index (κ2) is 6.87. The Bertz CT molecular complexity index is 426. The van der Waals surface area contributed by atoms with Crippen molar-refractivity contribution in [1.82, 2.24) is 4.98 Å². The average molecular weight is 265 g/mol. The molecule has 5 heteroatoms. The normalized spacial score (nSPS) is 11.1. The Hall–Kier alpha value is -1.91. The predicted molar refractivity (Wildman–Crippen MR) is 69.6 cm³/mol. The van der Waals surface area contributed by atoms with Gasteiger partial charge in [-0.3, -0.25) is 14.6 Å². The molecule has 0 saturated heterocycles. The van der Waals surface area contributed by atoms with Crippen molar-refractivity contribution in [2.75, 3.05) is 6.61 Å². The first-order chi connectivity index (χ1) is 9.06. The van der Waals surface area contributed by atoms with E-state index in [4.69, 9.17) is 4.74 Å². The number of nitrogens with zero attached hydrogens (tertiary/aromatic N) is 1. The fourth-order valence-electron chi connectivity index (χ4n) is 1.86. The van der Waals surface area contributed by atoms with E-state index in [0.717, 1.165) is 5.69 Å². The Morgan fingerprint density at radius 2 is 2.00 bits per heavy atom. The quantitative estimate of drug-likeness (QED) is 0.603. The third-order valence-electron chi connectivity index (χ3n) is 3.32. The highest BCUT2D eigenvalue weighted by Crippen LogP contribution is 2.28. The highest BCUT2D eigenvalue weighted by Gasteiger charge is 2.44. The molecule has 0 spiro atoms. The summed E-state index contributed by atoms with van der Waals surface area (Å²) in [5.41, 5.74) is -0.617. The maximum Gasteiger partial charge on any atom is 0.323 e. The van der Waals surface area contributed by atoms with Gasteiger partial charge in [-0.1, -0.05) is 19.9 Å². The van der Waals surface area contributed by atoms with Crippen molar-refractivity contribution in [3.63, 3.8) is 0 Å². The van der Waals surface area contributed by atoms with Crippen molar-refractivity contribution < 1.29 is 19.4 Å². The van der Waals surface area contributed by atoms with E-state index in [1.807, 2.05) is 12.1 Å². The van der Waals surface area contributed by atoms with E-state index in [-0.39, 0.29) is 19.4 Å². The van der Waals surface area contributed by atoms with Crippen LogP contribution in [-0.2, 0) is 20.7 Å². The molecule has 0 amide bonds. The van der Waals surface area contributed by atoms with Gasteiger partial charge in [0.1, 0.15) is 0 Å². The number of hydrogen-bond donors (Lipinski definition) is 1. The summed E-state index contributed by atoms with van der Waals surface area (Å²) in [6.45, 7) is 3.50. The van der Waals surface area contributed by atoms with Gasteiger partial charge in [-0.25, -0.2) is 0 Å². The van der Waals surface area contributed by atoms with E-state index in [1.54, 1.807) is 26.1 Å². The number of carbonyl (C=O) groups is 2. The minimum Gasteiger partial charge on any atom is -0.480 e. The Balaban J connectivity index is 2.57. The van der Waals surface area contributed by atoms with Crippen LogP contribution in [0, 0.1) is 5.41 Å². The van der Waals surface area contributed by atoms with Crippen LogP contribution in [0.1, 0.15) is 32.4 Å². The van der Waals surface area contributed by atoms with Gasteiger partial charge in [0.2, 0.25) is 0 Å². The minimum atomic E-state index is -1.43. The molecule has 0 saturated carbocycles. The van der Waals surface area contributed by atoms with Gasteiger partial charge in [0.05, 0.1) is 6.61 Å². The molecule has 1 aromatic heterocycles. The zero-order chi connectivity index (χ0) is 14.3. The van der Waals surface area contributed by atoms with Crippen molar-refractivity contribution in [3.05, 3.63) is 30.1 Å². The van der Waals surface area contributed by atoms with E-state index >= 15 is 0 Å². The fourth-order valence-corrected chi connectivity index (χ4v) is 1.86. The predicted octanol–water partition coefficient (Wildman–Crippen LogP) is 2.06. The van der Waals surface area contributed by atoms with Crippen molar-refractivity contribution in [2.24, 2.45) is 5.41 Å². The smallest absolute Gasteiger partial charge is 0.323 e. The lowest BCUT2D eigenvalue weighted by molar-refractivity contribution is -0.169. The fraction of sp³-hybridized carbons (Fsp3) is 0.500. The summed E-state index contributed by atoms with van der Waals surface area (Å²) in [4.78, 5) is 27.3. The third-order valence-corrected chi connectivity index (χ3v) is 3.32. The number of pyridine rings is 1. The summed E-state index contributed by atoms with van der Waals surface area (Å²) >= 11 is 0. The summed E-state index contributed by atoms with van der Waals surface area (Å²) in [6, 6.07) is 5.49. The SMILES string of the molecule is CCC(CC)(C(=O)O)C(=O)OCCc1ccccn1. The van der Waals surface area contributed by atoms with E-state index in [9.17, 15) is 14.7 Å². The molecule has 1 aromatic rings. The van der Waals surface area contributed by atoms with Crippen molar-refractivity contribution >= 4 is 11.9 Å². The Labute approximate surface area is 112 Å². The van der Waals surface area contributed by atoms with Crippen LogP contribution in [0.5, 0.6) is 0 Å². The van der Waals surface area contributed by atoms with Crippen LogP contribution in [-0.4, -0.2) is 28.6 Å². The Morgan fingerprint density at radius 3 is 2.47 bits per heavy atom. The van der Waals surface area contributed by atoms with Gasteiger partial charge >= 0.3 is 11.9 Å². The molecule has 1 rings (SSSR count). The zero-order valence-electron chi connectivity index (χ0n) is 11.3. The molecule has 0 radical (unpaired) electrons. The molecule has 0 aliphatic rings. The molecule has 0 fully saturated rings. The molecular weight excluding hydrogens is 246 g/mol.